The fourth-order valence-corrected chi connectivity index (χ4v) is 2.13. The zero-order valence-electron chi connectivity index (χ0n) is 8.42. The lowest BCUT2D eigenvalue weighted by molar-refractivity contribution is 0.0699. The Morgan fingerprint density at radius 2 is 1.82 bits per heavy atom. The third-order valence-corrected chi connectivity index (χ3v) is 3.15. The summed E-state index contributed by atoms with van der Waals surface area (Å²) in [6.07, 6.45) is 0. The van der Waals surface area contributed by atoms with Crippen molar-refractivity contribution in [1.82, 2.24) is 0 Å². The maximum absolute atomic E-state index is 12.9. The van der Waals surface area contributed by atoms with Crippen LogP contribution in [0.2, 0.25) is 0 Å². The number of aromatic carboxylic acids is 1. The molecule has 6 heteroatoms. The average Bonchev–Trinajstić information content (AvgIpc) is 2.26. The fraction of sp³-hybridized carbons (Fsp3) is 0. The van der Waals surface area contributed by atoms with Crippen molar-refractivity contribution in [3.63, 3.8) is 0 Å². The predicted octanol–water partition coefficient (Wildman–Crippen LogP) is 2.20. The molecule has 2 aromatic rings. The van der Waals surface area contributed by atoms with E-state index >= 15 is 0 Å². The molecule has 0 aliphatic rings. The van der Waals surface area contributed by atoms with E-state index in [0.717, 1.165) is 12.1 Å². The highest BCUT2D eigenvalue weighted by Gasteiger charge is 2.17. The van der Waals surface area contributed by atoms with E-state index in [4.69, 9.17) is 5.11 Å². The molecule has 2 rings (SSSR count). The van der Waals surface area contributed by atoms with E-state index in [0.29, 0.717) is 10.8 Å². The van der Waals surface area contributed by atoms with Gasteiger partial charge in [0.15, 0.2) is 0 Å². The van der Waals surface area contributed by atoms with Gasteiger partial charge < -0.3 is 5.11 Å². The van der Waals surface area contributed by atoms with Crippen molar-refractivity contribution in [3.05, 3.63) is 42.0 Å². The summed E-state index contributed by atoms with van der Waals surface area (Å²) in [6, 6.07) is 8.22. The topological polar surface area (TPSA) is 71.4 Å². The van der Waals surface area contributed by atoms with Gasteiger partial charge in [-0.3, -0.25) is 0 Å². The molecule has 4 nitrogen and oxygen atoms in total. The molecule has 0 saturated carbocycles. The highest BCUT2D eigenvalue weighted by molar-refractivity contribution is 7.86. The number of hydrogen-bond acceptors (Lipinski definition) is 3. The molecule has 0 heterocycles. The minimum absolute atomic E-state index is 0.237. The first-order chi connectivity index (χ1) is 7.89. The largest absolute Gasteiger partial charge is 0.478 e. The summed E-state index contributed by atoms with van der Waals surface area (Å²) >= 11 is 0. The van der Waals surface area contributed by atoms with Gasteiger partial charge in [0.25, 0.3) is 0 Å². The molecule has 0 saturated heterocycles. The number of benzene rings is 2. The average molecular weight is 254 g/mol. The van der Waals surface area contributed by atoms with Gasteiger partial charge in [0.05, 0.1) is 10.5 Å². The van der Waals surface area contributed by atoms with Crippen LogP contribution >= 0.6 is 0 Å². The van der Waals surface area contributed by atoms with Crippen LogP contribution in [0.1, 0.15) is 10.4 Å². The molecule has 0 aliphatic heterocycles. The second-order valence-electron chi connectivity index (χ2n) is 3.43. The van der Waals surface area contributed by atoms with Gasteiger partial charge in [0.1, 0.15) is 0 Å². The van der Waals surface area contributed by atoms with Gasteiger partial charge in [-0.25, -0.2) is 4.79 Å². The monoisotopic (exact) mass is 254 g/mol. The van der Waals surface area contributed by atoms with Gasteiger partial charge in [-0.2, -0.15) is 8.42 Å². The molecular weight excluding hydrogens is 247 g/mol. The lowest BCUT2D eigenvalue weighted by atomic mass is 10.0. The molecule has 0 radical (unpaired) electrons. The molecule has 17 heavy (non-hydrogen) atoms. The Balaban J connectivity index is 2.90. The van der Waals surface area contributed by atoms with Gasteiger partial charge in [-0.15, -0.1) is 3.89 Å². The highest BCUT2D eigenvalue weighted by Crippen LogP contribution is 2.24. The van der Waals surface area contributed by atoms with Crippen LogP contribution in [0.3, 0.4) is 0 Å². The summed E-state index contributed by atoms with van der Waals surface area (Å²) in [5.41, 5.74) is -0.237. The molecule has 1 N–H and O–H groups in total. The molecule has 0 aromatic heterocycles. The minimum atomic E-state index is -4.91. The summed E-state index contributed by atoms with van der Waals surface area (Å²) < 4.78 is 34.5. The Morgan fingerprint density at radius 3 is 2.41 bits per heavy atom. The second kappa shape index (κ2) is 3.81. The SMILES string of the molecule is O=C(O)c1cc(S(=O)(=O)F)cc2ccccc12. The quantitative estimate of drug-likeness (QED) is 0.834. The second-order valence-corrected chi connectivity index (χ2v) is 4.78. The van der Waals surface area contributed by atoms with E-state index in [-0.39, 0.29) is 5.56 Å². The molecule has 0 unspecified atom stereocenters. The molecule has 0 fully saturated rings. The van der Waals surface area contributed by atoms with Crippen molar-refractivity contribution >= 4 is 27.0 Å². The third-order valence-electron chi connectivity index (χ3n) is 2.35. The van der Waals surface area contributed by atoms with Crippen LogP contribution < -0.4 is 0 Å². The van der Waals surface area contributed by atoms with Crippen molar-refractivity contribution in [2.75, 3.05) is 0 Å². The number of hydrogen-bond donors (Lipinski definition) is 1. The van der Waals surface area contributed by atoms with Crippen LogP contribution in [0.5, 0.6) is 0 Å². The van der Waals surface area contributed by atoms with Crippen LogP contribution in [-0.2, 0) is 10.2 Å². The lowest BCUT2D eigenvalue weighted by Crippen LogP contribution is -2.01. The maximum Gasteiger partial charge on any atom is 0.336 e. The predicted molar refractivity (Wildman–Crippen MR) is 59.2 cm³/mol. The van der Waals surface area contributed by atoms with Crippen LogP contribution in [0, 0.1) is 0 Å². The van der Waals surface area contributed by atoms with E-state index in [1.807, 2.05) is 0 Å². The Hall–Kier alpha value is -1.95. The van der Waals surface area contributed by atoms with Gasteiger partial charge in [-0.1, -0.05) is 24.3 Å². The Kier molecular flexibility index (Phi) is 2.59. The van der Waals surface area contributed by atoms with Crippen molar-refractivity contribution in [2.24, 2.45) is 0 Å². The first-order valence-electron chi connectivity index (χ1n) is 4.60. The number of carbonyl (C=O) groups is 1. The first kappa shape index (κ1) is 11.5. The molecular formula is C11H7FO4S. The molecule has 88 valence electrons. The number of fused-ring (bicyclic) bond motifs is 1. The van der Waals surface area contributed by atoms with E-state index in [2.05, 4.69) is 0 Å². The summed E-state index contributed by atoms with van der Waals surface area (Å²) in [6.45, 7) is 0. The number of carboxylic acid groups (broad SMARTS) is 1. The Morgan fingerprint density at radius 1 is 1.18 bits per heavy atom. The van der Waals surface area contributed by atoms with E-state index in [9.17, 15) is 17.1 Å². The summed E-state index contributed by atoms with van der Waals surface area (Å²) in [7, 11) is -4.91. The fourth-order valence-electron chi connectivity index (χ4n) is 1.60. The highest BCUT2D eigenvalue weighted by atomic mass is 32.3. The zero-order chi connectivity index (χ0) is 12.6. The molecule has 0 amide bonds. The summed E-state index contributed by atoms with van der Waals surface area (Å²) in [5.74, 6) is -1.30. The van der Waals surface area contributed by atoms with Crippen LogP contribution in [0.15, 0.2) is 41.3 Å². The Bertz CT molecular complexity index is 706. The number of rotatable bonds is 2. The minimum Gasteiger partial charge on any atom is -0.478 e. The van der Waals surface area contributed by atoms with Gasteiger partial charge in [0.2, 0.25) is 0 Å². The van der Waals surface area contributed by atoms with Gasteiger partial charge in [0, 0.05) is 0 Å². The van der Waals surface area contributed by atoms with E-state index in [1.54, 1.807) is 12.1 Å². The number of halogens is 1. The summed E-state index contributed by atoms with van der Waals surface area (Å²) in [4.78, 5) is 10.3. The Labute approximate surface area is 96.5 Å². The standard InChI is InChI=1S/C11H7FO4S/c12-17(15,16)8-5-7-3-1-2-4-9(7)10(6-8)11(13)14/h1-6H,(H,13,14). The van der Waals surface area contributed by atoms with Crippen LogP contribution in [0.25, 0.3) is 10.8 Å². The zero-order valence-corrected chi connectivity index (χ0v) is 9.24. The third kappa shape index (κ3) is 2.12. The molecule has 0 aliphatic carbocycles. The molecule has 0 atom stereocenters. The van der Waals surface area contributed by atoms with Crippen LogP contribution in [-0.4, -0.2) is 19.5 Å². The lowest BCUT2D eigenvalue weighted by Gasteiger charge is -2.04. The van der Waals surface area contributed by atoms with E-state index < -0.39 is 21.1 Å². The molecule has 2 aromatic carbocycles. The molecule has 0 bridgehead atoms. The smallest absolute Gasteiger partial charge is 0.336 e. The van der Waals surface area contributed by atoms with Crippen molar-refractivity contribution < 1.29 is 22.2 Å². The first-order valence-corrected chi connectivity index (χ1v) is 5.99. The van der Waals surface area contributed by atoms with Crippen LogP contribution in [0.4, 0.5) is 3.89 Å². The van der Waals surface area contributed by atoms with Crippen molar-refractivity contribution in [2.45, 2.75) is 4.90 Å². The van der Waals surface area contributed by atoms with Gasteiger partial charge in [-0.05, 0) is 22.9 Å². The maximum atomic E-state index is 12.9. The van der Waals surface area contributed by atoms with Gasteiger partial charge >= 0.3 is 16.2 Å². The van der Waals surface area contributed by atoms with Crippen molar-refractivity contribution in [3.8, 4) is 0 Å². The van der Waals surface area contributed by atoms with E-state index in [1.165, 1.54) is 12.1 Å². The molecule has 0 spiro atoms. The van der Waals surface area contributed by atoms with Crippen molar-refractivity contribution in [1.29, 1.82) is 0 Å². The summed E-state index contributed by atoms with van der Waals surface area (Å²) in [5, 5.41) is 9.69. The normalized spacial score (nSPS) is 11.6. The number of carboxylic acids is 1.